The third-order valence-corrected chi connectivity index (χ3v) is 4.32. The van der Waals surface area contributed by atoms with Crippen molar-refractivity contribution in [1.29, 1.82) is 0 Å². The van der Waals surface area contributed by atoms with Gasteiger partial charge in [0.05, 0.1) is 0 Å². The number of carbonyl (C=O) groups excluding carboxylic acids is 2. The number of nitrogens with one attached hydrogen (secondary N) is 1. The number of carbonyl (C=O) groups is 2. The Morgan fingerprint density at radius 1 is 1.14 bits per heavy atom. The molecule has 2 aromatic carbocycles. The molecule has 1 saturated heterocycles. The highest BCUT2D eigenvalue weighted by molar-refractivity contribution is 5.95. The molecule has 0 saturated carbocycles. The summed E-state index contributed by atoms with van der Waals surface area (Å²) in [7, 11) is 0. The zero-order valence-corrected chi connectivity index (χ0v) is 15.1. The minimum Gasteiger partial charge on any atom is -0.435 e. The molecule has 1 N–H and O–H groups in total. The molecule has 1 aliphatic rings. The fourth-order valence-electron chi connectivity index (χ4n) is 2.90. The number of ether oxygens (including phenoxy) is 1. The van der Waals surface area contributed by atoms with Crippen molar-refractivity contribution in [3.8, 4) is 5.75 Å². The Morgan fingerprint density at radius 2 is 1.86 bits per heavy atom. The van der Waals surface area contributed by atoms with Gasteiger partial charge in [0.25, 0.3) is 0 Å². The van der Waals surface area contributed by atoms with Crippen LogP contribution in [0.25, 0.3) is 6.08 Å². The zero-order valence-electron chi connectivity index (χ0n) is 15.1. The van der Waals surface area contributed by atoms with Crippen LogP contribution in [0.1, 0.15) is 24.0 Å². The maximum atomic E-state index is 12.1. The van der Waals surface area contributed by atoms with Gasteiger partial charge in [-0.25, -0.2) is 0 Å². The molecule has 3 rings (SSSR count). The SMILES string of the molecule is O=C(C=Cc1ccc(OC(F)F)cc1)NCc1ccc(N2CCCC2=O)cc1. The molecule has 0 unspecified atom stereocenters. The van der Waals surface area contributed by atoms with Crippen LogP contribution in [0, 0.1) is 0 Å². The van der Waals surface area contributed by atoms with Crippen LogP contribution in [0.15, 0.2) is 54.6 Å². The average molecular weight is 386 g/mol. The minimum absolute atomic E-state index is 0.0654. The first-order valence-corrected chi connectivity index (χ1v) is 8.91. The van der Waals surface area contributed by atoms with E-state index >= 15 is 0 Å². The van der Waals surface area contributed by atoms with Gasteiger partial charge in [0.1, 0.15) is 5.75 Å². The lowest BCUT2D eigenvalue weighted by Gasteiger charge is -2.15. The molecule has 7 heteroatoms. The van der Waals surface area contributed by atoms with Gasteiger partial charge in [0.2, 0.25) is 11.8 Å². The number of rotatable bonds is 7. The van der Waals surface area contributed by atoms with Crippen LogP contribution in [0.4, 0.5) is 14.5 Å². The highest BCUT2D eigenvalue weighted by Gasteiger charge is 2.21. The van der Waals surface area contributed by atoms with E-state index in [1.807, 2.05) is 24.3 Å². The second kappa shape index (κ2) is 9.12. The smallest absolute Gasteiger partial charge is 0.387 e. The van der Waals surface area contributed by atoms with Gasteiger partial charge in [-0.3, -0.25) is 9.59 Å². The van der Waals surface area contributed by atoms with E-state index in [1.54, 1.807) is 23.1 Å². The maximum absolute atomic E-state index is 12.1. The maximum Gasteiger partial charge on any atom is 0.387 e. The van der Waals surface area contributed by atoms with Gasteiger partial charge in [-0.15, -0.1) is 0 Å². The molecule has 2 aromatic rings. The van der Waals surface area contributed by atoms with E-state index in [1.165, 1.54) is 18.2 Å². The van der Waals surface area contributed by atoms with E-state index in [-0.39, 0.29) is 17.6 Å². The first-order chi connectivity index (χ1) is 13.5. The molecule has 1 fully saturated rings. The predicted molar refractivity (Wildman–Crippen MR) is 102 cm³/mol. The molecule has 146 valence electrons. The first kappa shape index (κ1) is 19.5. The van der Waals surface area contributed by atoms with Crippen LogP contribution in [0.5, 0.6) is 5.75 Å². The van der Waals surface area contributed by atoms with Crippen molar-refractivity contribution < 1.29 is 23.1 Å². The van der Waals surface area contributed by atoms with Crippen molar-refractivity contribution in [2.24, 2.45) is 0 Å². The zero-order chi connectivity index (χ0) is 19.9. The summed E-state index contributed by atoms with van der Waals surface area (Å²) in [5.41, 5.74) is 2.48. The molecular formula is C21H20F2N2O3. The molecule has 0 bridgehead atoms. The van der Waals surface area contributed by atoms with Crippen molar-refractivity contribution in [1.82, 2.24) is 5.32 Å². The normalized spacial score (nSPS) is 14.1. The first-order valence-electron chi connectivity index (χ1n) is 8.91. The van der Waals surface area contributed by atoms with Crippen LogP contribution in [0.3, 0.4) is 0 Å². The van der Waals surface area contributed by atoms with Gasteiger partial charge in [-0.05, 0) is 47.9 Å². The van der Waals surface area contributed by atoms with Gasteiger partial charge >= 0.3 is 6.61 Å². The van der Waals surface area contributed by atoms with Gasteiger partial charge in [0.15, 0.2) is 0 Å². The standard InChI is InChI=1S/C21H20F2N2O3/c22-21(23)28-18-10-5-15(6-11-18)7-12-19(26)24-14-16-3-8-17(9-4-16)25-13-1-2-20(25)27/h3-12,21H,1-2,13-14H2,(H,24,26). The summed E-state index contributed by atoms with van der Waals surface area (Å²) >= 11 is 0. The van der Waals surface area contributed by atoms with Gasteiger partial charge in [0, 0.05) is 31.3 Å². The summed E-state index contributed by atoms with van der Waals surface area (Å²) < 4.78 is 28.5. The third kappa shape index (κ3) is 5.39. The van der Waals surface area contributed by atoms with E-state index in [4.69, 9.17) is 0 Å². The van der Waals surface area contributed by atoms with E-state index in [0.29, 0.717) is 18.5 Å². The number of alkyl halides is 2. The molecule has 5 nitrogen and oxygen atoms in total. The number of hydrogen-bond acceptors (Lipinski definition) is 3. The van der Waals surface area contributed by atoms with E-state index in [0.717, 1.165) is 24.2 Å². The lowest BCUT2D eigenvalue weighted by Crippen LogP contribution is -2.23. The quantitative estimate of drug-likeness (QED) is 0.738. The van der Waals surface area contributed by atoms with Crippen LogP contribution in [-0.2, 0) is 16.1 Å². The molecular weight excluding hydrogens is 366 g/mol. The highest BCUT2D eigenvalue weighted by atomic mass is 19.3. The second-order valence-corrected chi connectivity index (χ2v) is 6.31. The van der Waals surface area contributed by atoms with Crippen LogP contribution in [-0.4, -0.2) is 25.0 Å². The molecule has 0 radical (unpaired) electrons. The van der Waals surface area contributed by atoms with Crippen molar-refractivity contribution in [2.75, 3.05) is 11.4 Å². The fraction of sp³-hybridized carbons (Fsp3) is 0.238. The van der Waals surface area contributed by atoms with E-state index in [9.17, 15) is 18.4 Å². The van der Waals surface area contributed by atoms with Gasteiger partial charge in [-0.1, -0.05) is 24.3 Å². The summed E-state index contributed by atoms with van der Waals surface area (Å²) in [4.78, 5) is 25.5. The molecule has 1 aliphatic heterocycles. The summed E-state index contributed by atoms with van der Waals surface area (Å²) in [5, 5.41) is 2.77. The monoisotopic (exact) mass is 386 g/mol. The number of amides is 2. The summed E-state index contributed by atoms with van der Waals surface area (Å²) in [5.74, 6) is -0.0672. The van der Waals surface area contributed by atoms with Crippen molar-refractivity contribution in [3.05, 3.63) is 65.7 Å². The van der Waals surface area contributed by atoms with Crippen LogP contribution in [0.2, 0.25) is 0 Å². The Kier molecular flexibility index (Phi) is 6.37. The summed E-state index contributed by atoms with van der Waals surface area (Å²) in [6, 6.07) is 13.5. The van der Waals surface area contributed by atoms with E-state index in [2.05, 4.69) is 10.1 Å². The summed E-state index contributed by atoms with van der Waals surface area (Å²) in [6.07, 6.45) is 4.43. The summed E-state index contributed by atoms with van der Waals surface area (Å²) in [6.45, 7) is -1.76. The number of halogens is 2. The third-order valence-electron chi connectivity index (χ3n) is 4.32. The fourth-order valence-corrected chi connectivity index (χ4v) is 2.90. The average Bonchev–Trinajstić information content (AvgIpc) is 3.12. The number of benzene rings is 2. The molecule has 0 atom stereocenters. The predicted octanol–water partition coefficient (Wildman–Crippen LogP) is 3.74. The Labute approximate surface area is 161 Å². The van der Waals surface area contributed by atoms with Crippen molar-refractivity contribution >= 4 is 23.6 Å². The Balaban J connectivity index is 1.48. The molecule has 1 heterocycles. The topological polar surface area (TPSA) is 58.6 Å². The molecule has 0 spiro atoms. The highest BCUT2D eigenvalue weighted by Crippen LogP contribution is 2.21. The Hall–Kier alpha value is -3.22. The van der Waals surface area contributed by atoms with Gasteiger partial charge < -0.3 is 15.0 Å². The molecule has 2 amide bonds. The molecule has 0 aliphatic carbocycles. The Morgan fingerprint density at radius 3 is 2.46 bits per heavy atom. The molecule has 0 aromatic heterocycles. The van der Waals surface area contributed by atoms with Crippen LogP contribution < -0.4 is 15.0 Å². The van der Waals surface area contributed by atoms with E-state index < -0.39 is 6.61 Å². The van der Waals surface area contributed by atoms with Crippen molar-refractivity contribution in [3.63, 3.8) is 0 Å². The Bertz CT molecular complexity index is 849. The van der Waals surface area contributed by atoms with Crippen LogP contribution >= 0.6 is 0 Å². The largest absolute Gasteiger partial charge is 0.435 e. The second-order valence-electron chi connectivity index (χ2n) is 6.31. The number of nitrogens with zero attached hydrogens (tertiary/aromatic N) is 1. The van der Waals surface area contributed by atoms with Gasteiger partial charge in [-0.2, -0.15) is 8.78 Å². The lowest BCUT2D eigenvalue weighted by atomic mass is 10.2. The number of anilines is 1. The lowest BCUT2D eigenvalue weighted by molar-refractivity contribution is -0.117. The molecule has 28 heavy (non-hydrogen) atoms. The minimum atomic E-state index is -2.86. The van der Waals surface area contributed by atoms with Crippen molar-refractivity contribution in [2.45, 2.75) is 26.0 Å². The number of hydrogen-bond donors (Lipinski definition) is 1.